The highest BCUT2D eigenvalue weighted by molar-refractivity contribution is 5.74. The van der Waals surface area contributed by atoms with E-state index in [4.69, 9.17) is 4.74 Å². The molecule has 6 nitrogen and oxygen atoms in total. The quantitative estimate of drug-likeness (QED) is 0.890. The molecule has 2 saturated heterocycles. The smallest absolute Gasteiger partial charge is 0.317 e. The summed E-state index contributed by atoms with van der Waals surface area (Å²) in [6.45, 7) is 4.50. The summed E-state index contributed by atoms with van der Waals surface area (Å²) in [5.74, 6) is 0.700. The molecule has 0 bridgehead atoms. The second kappa shape index (κ2) is 9.04. The number of piperidine rings is 2. The van der Waals surface area contributed by atoms with E-state index in [1.807, 2.05) is 17.3 Å². The molecule has 0 aromatic carbocycles. The third kappa shape index (κ3) is 5.08. The average Bonchev–Trinajstić information content (AvgIpc) is 2.69. The first-order chi connectivity index (χ1) is 12.3. The van der Waals surface area contributed by atoms with Crippen molar-refractivity contribution in [3.05, 3.63) is 24.5 Å². The predicted molar refractivity (Wildman–Crippen MR) is 98.8 cm³/mol. The minimum Gasteiger partial charge on any atom is -0.380 e. The molecule has 0 spiro atoms. The number of hydrogen-bond acceptors (Lipinski definition) is 4. The molecule has 25 heavy (non-hydrogen) atoms. The van der Waals surface area contributed by atoms with Gasteiger partial charge in [0, 0.05) is 57.9 Å². The molecule has 0 aliphatic carbocycles. The van der Waals surface area contributed by atoms with Gasteiger partial charge in [0.05, 0.1) is 6.10 Å². The van der Waals surface area contributed by atoms with E-state index in [0.29, 0.717) is 12.5 Å². The van der Waals surface area contributed by atoms with Crippen LogP contribution in [-0.4, -0.2) is 61.9 Å². The van der Waals surface area contributed by atoms with Crippen molar-refractivity contribution in [2.24, 2.45) is 5.92 Å². The first-order valence-electron chi connectivity index (χ1n) is 9.47. The van der Waals surface area contributed by atoms with Crippen molar-refractivity contribution in [1.82, 2.24) is 15.2 Å². The van der Waals surface area contributed by atoms with Crippen LogP contribution in [0.3, 0.4) is 0 Å². The SMILES string of the molecule is COC1CCCN(C(=O)NCCC2CCN(c3ccncc3)CC2)C1. The summed E-state index contributed by atoms with van der Waals surface area (Å²) >= 11 is 0. The van der Waals surface area contributed by atoms with E-state index < -0.39 is 0 Å². The molecule has 3 heterocycles. The molecule has 3 rings (SSSR count). The number of aromatic nitrogens is 1. The maximum Gasteiger partial charge on any atom is 0.317 e. The second-order valence-corrected chi connectivity index (χ2v) is 7.10. The molecule has 138 valence electrons. The van der Waals surface area contributed by atoms with Crippen molar-refractivity contribution in [3.63, 3.8) is 0 Å². The Labute approximate surface area is 150 Å². The molecular weight excluding hydrogens is 316 g/mol. The van der Waals surface area contributed by atoms with Crippen molar-refractivity contribution in [2.75, 3.05) is 44.7 Å². The van der Waals surface area contributed by atoms with Gasteiger partial charge in [-0.1, -0.05) is 0 Å². The summed E-state index contributed by atoms with van der Waals surface area (Å²) in [6, 6.07) is 4.22. The minimum atomic E-state index is 0.0657. The molecule has 2 fully saturated rings. The third-order valence-corrected chi connectivity index (χ3v) is 5.47. The van der Waals surface area contributed by atoms with E-state index in [1.54, 1.807) is 7.11 Å². The number of urea groups is 1. The number of amides is 2. The first kappa shape index (κ1) is 18.0. The molecule has 2 aliphatic heterocycles. The Morgan fingerprint density at radius 2 is 2.00 bits per heavy atom. The average molecular weight is 346 g/mol. The van der Waals surface area contributed by atoms with Crippen LogP contribution in [0.2, 0.25) is 0 Å². The molecule has 2 amide bonds. The Hall–Kier alpha value is -1.82. The minimum absolute atomic E-state index is 0.0657. The Bertz CT molecular complexity index is 531. The zero-order valence-corrected chi connectivity index (χ0v) is 15.2. The molecule has 6 heteroatoms. The van der Waals surface area contributed by atoms with Gasteiger partial charge in [-0.05, 0) is 50.2 Å². The topological polar surface area (TPSA) is 57.7 Å². The van der Waals surface area contributed by atoms with Gasteiger partial charge in [0.2, 0.25) is 0 Å². The Morgan fingerprint density at radius 3 is 2.72 bits per heavy atom. The van der Waals surface area contributed by atoms with Gasteiger partial charge in [-0.25, -0.2) is 4.79 Å². The number of nitrogens with zero attached hydrogens (tertiary/aromatic N) is 3. The summed E-state index contributed by atoms with van der Waals surface area (Å²) in [5.41, 5.74) is 1.26. The number of ether oxygens (including phenoxy) is 1. The second-order valence-electron chi connectivity index (χ2n) is 7.10. The van der Waals surface area contributed by atoms with Crippen LogP contribution in [0.5, 0.6) is 0 Å². The third-order valence-electron chi connectivity index (χ3n) is 5.47. The van der Waals surface area contributed by atoms with Crippen LogP contribution in [0, 0.1) is 5.92 Å². The van der Waals surface area contributed by atoms with Gasteiger partial charge in [0.1, 0.15) is 0 Å². The van der Waals surface area contributed by atoms with Gasteiger partial charge in [-0.3, -0.25) is 4.98 Å². The predicted octanol–water partition coefficient (Wildman–Crippen LogP) is 2.51. The van der Waals surface area contributed by atoms with E-state index in [-0.39, 0.29) is 12.1 Å². The number of carbonyl (C=O) groups excluding carboxylic acids is 1. The van der Waals surface area contributed by atoms with Crippen molar-refractivity contribution < 1.29 is 9.53 Å². The number of carbonyl (C=O) groups is 1. The summed E-state index contributed by atoms with van der Waals surface area (Å²) in [4.78, 5) is 20.7. The van der Waals surface area contributed by atoms with Crippen molar-refractivity contribution >= 4 is 11.7 Å². The maximum atomic E-state index is 12.3. The Balaban J connectivity index is 1.34. The highest BCUT2D eigenvalue weighted by Crippen LogP contribution is 2.24. The monoisotopic (exact) mass is 346 g/mol. The lowest BCUT2D eigenvalue weighted by Gasteiger charge is -2.34. The first-order valence-corrected chi connectivity index (χ1v) is 9.47. The van der Waals surface area contributed by atoms with Crippen LogP contribution < -0.4 is 10.2 Å². The summed E-state index contributed by atoms with van der Waals surface area (Å²) < 4.78 is 5.39. The van der Waals surface area contributed by atoms with Gasteiger partial charge < -0.3 is 19.9 Å². The van der Waals surface area contributed by atoms with E-state index in [2.05, 4.69) is 27.3 Å². The molecular formula is C19H30N4O2. The molecule has 1 aromatic rings. The van der Waals surface area contributed by atoms with Crippen LogP contribution in [0.15, 0.2) is 24.5 Å². The van der Waals surface area contributed by atoms with Gasteiger partial charge >= 0.3 is 6.03 Å². The van der Waals surface area contributed by atoms with Gasteiger partial charge in [0.15, 0.2) is 0 Å². The Morgan fingerprint density at radius 1 is 1.24 bits per heavy atom. The van der Waals surface area contributed by atoms with Crippen LogP contribution in [0.1, 0.15) is 32.1 Å². The lowest BCUT2D eigenvalue weighted by molar-refractivity contribution is 0.0434. The molecule has 1 atom stereocenters. The van der Waals surface area contributed by atoms with Crippen molar-refractivity contribution in [2.45, 2.75) is 38.2 Å². The molecule has 0 radical (unpaired) electrons. The fraction of sp³-hybridized carbons (Fsp3) is 0.684. The summed E-state index contributed by atoms with van der Waals surface area (Å²) in [7, 11) is 1.73. The zero-order chi connectivity index (χ0) is 17.5. The van der Waals surface area contributed by atoms with Gasteiger partial charge in [-0.15, -0.1) is 0 Å². The fourth-order valence-corrected chi connectivity index (χ4v) is 3.84. The number of pyridine rings is 1. The lowest BCUT2D eigenvalue weighted by atomic mass is 9.93. The number of likely N-dealkylation sites (tertiary alicyclic amines) is 1. The number of rotatable bonds is 5. The van der Waals surface area contributed by atoms with E-state index in [1.165, 1.54) is 18.5 Å². The molecule has 1 aromatic heterocycles. The Kier molecular flexibility index (Phi) is 6.50. The van der Waals surface area contributed by atoms with E-state index in [0.717, 1.165) is 45.4 Å². The van der Waals surface area contributed by atoms with Crippen LogP contribution in [0.25, 0.3) is 0 Å². The van der Waals surface area contributed by atoms with Gasteiger partial charge in [0.25, 0.3) is 0 Å². The maximum absolute atomic E-state index is 12.3. The molecule has 2 aliphatic rings. The highest BCUT2D eigenvalue weighted by atomic mass is 16.5. The number of nitrogens with one attached hydrogen (secondary N) is 1. The van der Waals surface area contributed by atoms with Gasteiger partial charge in [-0.2, -0.15) is 0 Å². The van der Waals surface area contributed by atoms with E-state index in [9.17, 15) is 4.79 Å². The normalized spacial score (nSPS) is 22.0. The summed E-state index contributed by atoms with van der Waals surface area (Å²) in [5, 5.41) is 3.10. The fourth-order valence-electron chi connectivity index (χ4n) is 3.84. The number of hydrogen-bond donors (Lipinski definition) is 1. The molecule has 0 saturated carbocycles. The van der Waals surface area contributed by atoms with Crippen molar-refractivity contribution in [1.29, 1.82) is 0 Å². The van der Waals surface area contributed by atoms with Crippen molar-refractivity contribution in [3.8, 4) is 0 Å². The summed E-state index contributed by atoms with van der Waals surface area (Å²) in [6.07, 6.45) is 9.42. The van der Waals surface area contributed by atoms with Crippen LogP contribution >= 0.6 is 0 Å². The number of methoxy groups -OCH3 is 1. The van der Waals surface area contributed by atoms with E-state index >= 15 is 0 Å². The molecule has 1 N–H and O–H groups in total. The molecule has 1 unspecified atom stereocenters. The zero-order valence-electron chi connectivity index (χ0n) is 15.2. The lowest BCUT2D eigenvalue weighted by Crippen LogP contribution is -2.48. The number of anilines is 1. The highest BCUT2D eigenvalue weighted by Gasteiger charge is 2.24. The largest absolute Gasteiger partial charge is 0.380 e. The standard InChI is InChI=1S/C19H30N4O2/c1-25-18-3-2-12-23(15-18)19(24)21-11-4-16-7-13-22(14-8-16)17-5-9-20-10-6-17/h5-6,9-10,16,18H,2-4,7-8,11-15H2,1H3,(H,21,24). The van der Waals surface area contributed by atoms with Crippen LogP contribution in [0.4, 0.5) is 10.5 Å². The van der Waals surface area contributed by atoms with Crippen LogP contribution in [-0.2, 0) is 4.74 Å².